The fraction of sp³-hybridized carbons (Fsp3) is 0.154. The van der Waals surface area contributed by atoms with Crippen LogP contribution in [0.3, 0.4) is 0 Å². The molecule has 4 heterocycles. The van der Waals surface area contributed by atoms with E-state index in [4.69, 9.17) is 8.83 Å². The molecule has 0 spiro atoms. The molecule has 4 aromatic heterocycles. The van der Waals surface area contributed by atoms with E-state index in [-0.39, 0.29) is 35.8 Å². The van der Waals surface area contributed by atoms with E-state index in [1.54, 1.807) is 31.7 Å². The number of rotatable bonds is 11. The Morgan fingerprint density at radius 1 is 0.821 bits per heavy atom. The normalized spacial score (nSPS) is 10.6. The number of nitrogens with zero attached hydrogens (tertiary/aromatic N) is 6. The lowest BCUT2D eigenvalue weighted by molar-refractivity contribution is 0.517. The Kier molecular flexibility index (Phi) is 7.45. The van der Waals surface area contributed by atoms with Gasteiger partial charge in [-0.15, -0.1) is 0 Å². The molecule has 13 nitrogen and oxygen atoms in total. The molecule has 0 aliphatic carbocycles. The van der Waals surface area contributed by atoms with Gasteiger partial charge in [0.15, 0.2) is 0 Å². The van der Waals surface area contributed by atoms with Crippen LogP contribution < -0.4 is 27.0 Å². The van der Waals surface area contributed by atoms with Crippen LogP contribution >= 0.6 is 0 Å². The third-order valence-electron chi connectivity index (χ3n) is 5.61. The van der Waals surface area contributed by atoms with Crippen molar-refractivity contribution in [2.24, 2.45) is 7.05 Å². The van der Waals surface area contributed by atoms with Crippen LogP contribution in [-0.2, 0) is 26.6 Å². The first-order chi connectivity index (χ1) is 19.1. The number of aromatic nitrogens is 5. The Labute approximate surface area is 222 Å². The Morgan fingerprint density at radius 2 is 1.44 bits per heavy atom. The second kappa shape index (κ2) is 11.6. The van der Waals surface area contributed by atoms with Crippen molar-refractivity contribution in [3.63, 3.8) is 0 Å². The van der Waals surface area contributed by atoms with Crippen LogP contribution in [0.15, 0.2) is 80.8 Å². The summed E-state index contributed by atoms with van der Waals surface area (Å²) in [6.07, 6.45) is 3.10. The summed E-state index contributed by atoms with van der Waals surface area (Å²) in [6.45, 7) is 0.719. The summed E-state index contributed by atoms with van der Waals surface area (Å²) in [5.41, 5.74) is 6.93. The van der Waals surface area contributed by atoms with Gasteiger partial charge in [0.1, 0.15) is 11.5 Å². The minimum absolute atomic E-state index is 0.0690. The predicted molar refractivity (Wildman–Crippen MR) is 143 cm³/mol. The molecule has 0 radical (unpaired) electrons. The summed E-state index contributed by atoms with van der Waals surface area (Å²) < 4.78 is 12.1. The van der Waals surface area contributed by atoms with Crippen LogP contribution in [0, 0.1) is 11.3 Å². The molecular weight excluding hydrogens is 500 g/mol. The molecule has 5 aromatic rings. The molecule has 1 aromatic carbocycles. The predicted octanol–water partition coefficient (Wildman–Crippen LogP) is 3.55. The van der Waals surface area contributed by atoms with Crippen molar-refractivity contribution in [1.29, 1.82) is 5.26 Å². The van der Waals surface area contributed by atoms with Crippen molar-refractivity contribution in [3.05, 3.63) is 94.6 Å². The van der Waals surface area contributed by atoms with Crippen molar-refractivity contribution in [3.8, 4) is 17.3 Å². The van der Waals surface area contributed by atoms with E-state index >= 15 is 0 Å². The molecule has 0 amide bonds. The van der Waals surface area contributed by atoms with E-state index in [0.717, 1.165) is 5.56 Å². The van der Waals surface area contributed by atoms with Gasteiger partial charge in [-0.2, -0.15) is 20.2 Å². The summed E-state index contributed by atoms with van der Waals surface area (Å²) in [5.74, 6) is 2.34. The van der Waals surface area contributed by atoms with Crippen LogP contribution in [0.2, 0.25) is 0 Å². The third-order valence-corrected chi connectivity index (χ3v) is 5.61. The Bertz CT molecular complexity index is 1570. The number of benzene rings is 1. The summed E-state index contributed by atoms with van der Waals surface area (Å²) in [5, 5.41) is 15.5. The first-order valence-corrected chi connectivity index (χ1v) is 11.9. The van der Waals surface area contributed by atoms with Gasteiger partial charge in [0.05, 0.1) is 49.4 Å². The van der Waals surface area contributed by atoms with E-state index in [9.17, 15) is 10.1 Å². The topological polar surface area (TPSA) is 172 Å². The lowest BCUT2D eigenvalue weighted by atomic mass is 10.1. The maximum absolute atomic E-state index is 13.1. The fourth-order valence-electron chi connectivity index (χ4n) is 3.69. The monoisotopic (exact) mass is 524 g/mol. The molecule has 0 atom stereocenters. The van der Waals surface area contributed by atoms with Crippen LogP contribution in [0.4, 0.5) is 23.8 Å². The molecule has 0 saturated carbocycles. The van der Waals surface area contributed by atoms with Crippen molar-refractivity contribution in [2.45, 2.75) is 19.5 Å². The van der Waals surface area contributed by atoms with Crippen molar-refractivity contribution < 1.29 is 8.83 Å². The van der Waals surface area contributed by atoms with E-state index in [1.807, 2.05) is 42.5 Å². The molecule has 4 N–H and O–H groups in total. The fourth-order valence-corrected chi connectivity index (χ4v) is 3.69. The molecule has 196 valence electrons. The first kappa shape index (κ1) is 25.0. The van der Waals surface area contributed by atoms with Crippen LogP contribution in [0.25, 0.3) is 11.3 Å². The average molecular weight is 525 g/mol. The van der Waals surface area contributed by atoms with Gasteiger partial charge < -0.3 is 19.5 Å². The van der Waals surface area contributed by atoms with Crippen molar-refractivity contribution in [2.75, 3.05) is 21.5 Å². The van der Waals surface area contributed by atoms with Crippen molar-refractivity contribution >= 4 is 23.8 Å². The standard InChI is InChI=1S/C26H24N10O3/c1-36-22(37)20(11-12-27)21(17-7-3-2-4-8-17)30-26(36)35-34-25-32-23(28-15-18-9-5-13-38-18)31-24(33-25)29-16-19-10-6-14-39-19/h2-10,13-14H,11,15-16H2,1H3,(H,30,35)(H3,28,29,31,32,33,34). The third kappa shape index (κ3) is 6.03. The van der Waals surface area contributed by atoms with Gasteiger partial charge in [0.2, 0.25) is 23.8 Å². The summed E-state index contributed by atoms with van der Waals surface area (Å²) in [6, 6.07) is 18.5. The Morgan fingerprint density at radius 3 is 2.00 bits per heavy atom. The molecule has 5 rings (SSSR count). The van der Waals surface area contributed by atoms with Gasteiger partial charge in [-0.3, -0.25) is 20.2 Å². The lowest BCUT2D eigenvalue weighted by Gasteiger charge is -2.16. The van der Waals surface area contributed by atoms with Gasteiger partial charge >= 0.3 is 0 Å². The molecule has 0 saturated heterocycles. The SMILES string of the molecule is Cn1c(NNc2nc(NCc3ccco3)nc(NCc3ccco3)n2)nc(-c2ccccc2)c(CC#N)c1=O. The Balaban J connectivity index is 1.41. The highest BCUT2D eigenvalue weighted by atomic mass is 16.3. The number of hydrogen-bond acceptors (Lipinski definition) is 12. The maximum atomic E-state index is 13.1. The first-order valence-electron chi connectivity index (χ1n) is 11.9. The molecule has 0 aliphatic heterocycles. The molecule has 13 heteroatoms. The highest BCUT2D eigenvalue weighted by molar-refractivity contribution is 5.64. The lowest BCUT2D eigenvalue weighted by Crippen LogP contribution is -2.28. The van der Waals surface area contributed by atoms with Gasteiger partial charge in [-0.1, -0.05) is 30.3 Å². The van der Waals surface area contributed by atoms with E-state index in [1.165, 1.54) is 4.57 Å². The summed E-state index contributed by atoms with van der Waals surface area (Å²) in [7, 11) is 1.56. The highest BCUT2D eigenvalue weighted by Crippen LogP contribution is 2.21. The minimum atomic E-state index is -0.341. The molecular formula is C26H24N10O3. The van der Waals surface area contributed by atoms with Gasteiger partial charge in [-0.25, -0.2) is 4.98 Å². The zero-order chi connectivity index (χ0) is 27.0. The van der Waals surface area contributed by atoms with Gasteiger partial charge in [-0.05, 0) is 24.3 Å². The van der Waals surface area contributed by atoms with Crippen molar-refractivity contribution in [1.82, 2.24) is 24.5 Å². The molecule has 0 unspecified atom stereocenters. The zero-order valence-corrected chi connectivity index (χ0v) is 20.9. The molecule has 0 aliphatic rings. The van der Waals surface area contributed by atoms with Gasteiger partial charge in [0.25, 0.3) is 5.56 Å². The number of nitrogens with one attached hydrogen (secondary N) is 4. The van der Waals surface area contributed by atoms with Gasteiger partial charge in [0, 0.05) is 12.6 Å². The largest absolute Gasteiger partial charge is 0.467 e. The summed E-state index contributed by atoms with van der Waals surface area (Å²) >= 11 is 0. The second-order valence-corrected chi connectivity index (χ2v) is 8.25. The maximum Gasteiger partial charge on any atom is 0.259 e. The second-order valence-electron chi connectivity index (χ2n) is 8.25. The van der Waals surface area contributed by atoms with E-state index < -0.39 is 0 Å². The number of hydrogen-bond donors (Lipinski definition) is 4. The quantitative estimate of drug-likeness (QED) is 0.185. The summed E-state index contributed by atoms with van der Waals surface area (Å²) in [4.78, 5) is 31.0. The number of hydrazine groups is 1. The van der Waals surface area contributed by atoms with Crippen LogP contribution in [0.1, 0.15) is 17.1 Å². The molecule has 0 bridgehead atoms. The average Bonchev–Trinajstić information content (AvgIpc) is 3.68. The zero-order valence-electron chi connectivity index (χ0n) is 20.9. The van der Waals surface area contributed by atoms with Crippen LogP contribution in [-0.4, -0.2) is 24.5 Å². The minimum Gasteiger partial charge on any atom is -0.467 e. The number of anilines is 4. The highest BCUT2D eigenvalue weighted by Gasteiger charge is 2.17. The van der Waals surface area contributed by atoms with Crippen LogP contribution in [0.5, 0.6) is 0 Å². The number of furan rings is 2. The van der Waals surface area contributed by atoms with E-state index in [0.29, 0.717) is 35.9 Å². The number of nitriles is 1. The van der Waals surface area contributed by atoms with E-state index in [2.05, 4.69) is 47.5 Å². The Hall–Kier alpha value is -5.64. The smallest absolute Gasteiger partial charge is 0.259 e. The molecule has 0 fully saturated rings. The molecule has 39 heavy (non-hydrogen) atoms.